The monoisotopic (exact) mass is 197 g/mol. The molecule has 76 valence electrons. The van der Waals surface area contributed by atoms with Gasteiger partial charge in [-0.2, -0.15) is 0 Å². The first-order valence-electron chi connectivity index (χ1n) is 4.40. The Kier molecular flexibility index (Phi) is 3.77. The molecule has 0 saturated heterocycles. The van der Waals surface area contributed by atoms with Crippen LogP contribution in [0.3, 0.4) is 0 Å². The molecule has 0 saturated carbocycles. The maximum Gasteiger partial charge on any atom is 0.129 e. The predicted molar refractivity (Wildman–Crippen MR) is 54.0 cm³/mol. The van der Waals surface area contributed by atoms with Gasteiger partial charge in [0.25, 0.3) is 0 Å². The van der Waals surface area contributed by atoms with Gasteiger partial charge < -0.3 is 5.73 Å². The highest BCUT2D eigenvalue weighted by Gasteiger charge is 2.06. The molecule has 14 heavy (non-hydrogen) atoms. The Morgan fingerprint density at radius 3 is 2.64 bits per heavy atom. The number of rotatable bonds is 3. The number of alkyl halides is 1. The molecule has 2 N–H and O–H groups in total. The van der Waals surface area contributed by atoms with E-state index in [1.807, 2.05) is 0 Å². The quantitative estimate of drug-likeness (QED) is 0.791. The Morgan fingerprint density at radius 2 is 2.14 bits per heavy atom. The molecule has 0 heterocycles. The minimum Gasteiger partial charge on any atom is -0.327 e. The largest absolute Gasteiger partial charge is 0.327 e. The van der Waals surface area contributed by atoms with Gasteiger partial charge in [-0.25, -0.2) is 8.78 Å². The fraction of sp³-hybridized carbons (Fsp3) is 0.273. The second-order valence-corrected chi connectivity index (χ2v) is 3.07. The van der Waals surface area contributed by atoms with Crippen LogP contribution in [-0.2, 0) is 6.67 Å². The fourth-order valence-electron chi connectivity index (χ4n) is 1.27. The summed E-state index contributed by atoms with van der Waals surface area (Å²) in [6.45, 7) is 1.34. The molecule has 0 fully saturated rings. The summed E-state index contributed by atoms with van der Waals surface area (Å²) >= 11 is 0. The predicted octanol–water partition coefficient (Wildman–Crippen LogP) is 2.58. The zero-order valence-corrected chi connectivity index (χ0v) is 8.06. The summed E-state index contributed by atoms with van der Waals surface area (Å²) in [5, 5.41) is 0. The smallest absolute Gasteiger partial charge is 0.129 e. The summed E-state index contributed by atoms with van der Waals surface area (Å²) in [6, 6.07) is 3.05. The van der Waals surface area contributed by atoms with Crippen molar-refractivity contribution in [2.45, 2.75) is 13.6 Å². The van der Waals surface area contributed by atoms with Crippen molar-refractivity contribution in [3.05, 3.63) is 40.7 Å². The first-order valence-corrected chi connectivity index (χ1v) is 4.40. The van der Waals surface area contributed by atoms with Gasteiger partial charge in [-0.05, 0) is 24.1 Å². The van der Waals surface area contributed by atoms with Crippen molar-refractivity contribution in [2.75, 3.05) is 6.54 Å². The lowest BCUT2D eigenvalue weighted by Crippen LogP contribution is -1.94. The van der Waals surface area contributed by atoms with Gasteiger partial charge in [0.05, 0.1) is 0 Å². The van der Waals surface area contributed by atoms with Crippen molar-refractivity contribution in [3.63, 3.8) is 0 Å². The zero-order chi connectivity index (χ0) is 10.6. The minimum atomic E-state index is -0.765. The van der Waals surface area contributed by atoms with Crippen LogP contribution in [0.4, 0.5) is 8.78 Å². The average Bonchev–Trinajstić information content (AvgIpc) is 2.14. The molecule has 1 rings (SSSR count). The Morgan fingerprint density at radius 1 is 1.43 bits per heavy atom. The van der Waals surface area contributed by atoms with E-state index in [1.54, 1.807) is 25.1 Å². The minimum absolute atomic E-state index is 0.134. The number of aryl methyl sites for hydroxylation is 1. The molecule has 0 aliphatic heterocycles. The topological polar surface area (TPSA) is 26.0 Å². The van der Waals surface area contributed by atoms with Crippen LogP contribution in [0.15, 0.2) is 18.2 Å². The maximum atomic E-state index is 13.2. The van der Waals surface area contributed by atoms with Crippen LogP contribution in [-0.4, -0.2) is 6.54 Å². The molecule has 0 radical (unpaired) electrons. The standard InChI is InChI=1S/C11H13F2N/c1-8-5-9(3-2-4-14)6-11(13)10(8)7-12/h2-3,5-6H,4,7,14H2,1H3/b3-2+. The second-order valence-electron chi connectivity index (χ2n) is 3.07. The molecule has 0 amide bonds. The molecule has 0 atom stereocenters. The number of hydrogen-bond acceptors (Lipinski definition) is 1. The highest BCUT2D eigenvalue weighted by atomic mass is 19.1. The number of hydrogen-bond donors (Lipinski definition) is 1. The SMILES string of the molecule is Cc1cc(/C=C/CN)cc(F)c1CF. The van der Waals surface area contributed by atoms with Gasteiger partial charge in [0, 0.05) is 12.1 Å². The summed E-state index contributed by atoms with van der Waals surface area (Å²) < 4.78 is 25.6. The molecule has 1 aromatic carbocycles. The van der Waals surface area contributed by atoms with E-state index >= 15 is 0 Å². The summed E-state index contributed by atoms with van der Waals surface area (Å²) in [5.41, 5.74) is 6.74. The normalized spacial score (nSPS) is 11.1. The van der Waals surface area contributed by atoms with Crippen molar-refractivity contribution in [3.8, 4) is 0 Å². The van der Waals surface area contributed by atoms with E-state index < -0.39 is 12.5 Å². The van der Waals surface area contributed by atoms with E-state index in [1.165, 1.54) is 6.07 Å². The van der Waals surface area contributed by atoms with E-state index in [0.717, 1.165) is 0 Å². The van der Waals surface area contributed by atoms with Gasteiger partial charge >= 0.3 is 0 Å². The zero-order valence-electron chi connectivity index (χ0n) is 8.06. The lowest BCUT2D eigenvalue weighted by molar-refractivity contribution is 0.462. The molecular weight excluding hydrogens is 184 g/mol. The number of halogens is 2. The lowest BCUT2D eigenvalue weighted by Gasteiger charge is -2.04. The van der Waals surface area contributed by atoms with Gasteiger partial charge in [0.15, 0.2) is 0 Å². The van der Waals surface area contributed by atoms with Crippen molar-refractivity contribution >= 4 is 6.08 Å². The summed E-state index contributed by atoms with van der Waals surface area (Å²) in [4.78, 5) is 0. The Hall–Kier alpha value is -1.22. The van der Waals surface area contributed by atoms with E-state index in [9.17, 15) is 8.78 Å². The maximum absolute atomic E-state index is 13.2. The Balaban J connectivity index is 3.07. The molecule has 1 aromatic rings. The van der Waals surface area contributed by atoms with E-state index in [2.05, 4.69) is 0 Å². The van der Waals surface area contributed by atoms with Gasteiger partial charge in [-0.3, -0.25) is 0 Å². The molecule has 0 aromatic heterocycles. The van der Waals surface area contributed by atoms with Crippen LogP contribution in [0.1, 0.15) is 16.7 Å². The van der Waals surface area contributed by atoms with E-state index in [4.69, 9.17) is 5.73 Å². The van der Waals surface area contributed by atoms with Crippen LogP contribution in [0.5, 0.6) is 0 Å². The lowest BCUT2D eigenvalue weighted by atomic mass is 10.0. The summed E-state index contributed by atoms with van der Waals surface area (Å²) in [6.07, 6.45) is 3.45. The highest BCUT2D eigenvalue weighted by Crippen LogP contribution is 2.17. The molecule has 1 nitrogen and oxygen atoms in total. The molecule has 0 spiro atoms. The molecule has 3 heteroatoms. The van der Waals surface area contributed by atoms with Gasteiger partial charge in [-0.1, -0.05) is 18.2 Å². The van der Waals surface area contributed by atoms with Gasteiger partial charge in [0.1, 0.15) is 12.5 Å². The van der Waals surface area contributed by atoms with Crippen LogP contribution in [0, 0.1) is 12.7 Å². The first kappa shape index (κ1) is 10.9. The third-order valence-corrected chi connectivity index (χ3v) is 2.02. The van der Waals surface area contributed by atoms with Crippen molar-refractivity contribution in [1.82, 2.24) is 0 Å². The molecule has 0 unspecified atom stereocenters. The van der Waals surface area contributed by atoms with E-state index in [0.29, 0.717) is 17.7 Å². The third-order valence-electron chi connectivity index (χ3n) is 2.02. The molecular formula is C11H13F2N. The van der Waals surface area contributed by atoms with Crippen LogP contribution in [0.2, 0.25) is 0 Å². The third kappa shape index (κ3) is 2.39. The molecule has 0 bridgehead atoms. The first-order chi connectivity index (χ1) is 6.69. The summed E-state index contributed by atoms with van der Waals surface area (Å²) in [7, 11) is 0. The van der Waals surface area contributed by atoms with E-state index in [-0.39, 0.29) is 5.56 Å². The second kappa shape index (κ2) is 4.86. The molecule has 0 aliphatic rings. The number of nitrogens with two attached hydrogens (primary N) is 1. The Labute approximate surface area is 82.2 Å². The Bertz CT molecular complexity index is 322. The fourth-order valence-corrected chi connectivity index (χ4v) is 1.27. The number of benzene rings is 1. The van der Waals surface area contributed by atoms with Crippen LogP contribution < -0.4 is 5.73 Å². The summed E-state index contributed by atoms with van der Waals surface area (Å²) in [5.74, 6) is -0.496. The van der Waals surface area contributed by atoms with Crippen molar-refractivity contribution in [1.29, 1.82) is 0 Å². The van der Waals surface area contributed by atoms with Crippen molar-refractivity contribution in [2.24, 2.45) is 5.73 Å². The molecule has 0 aliphatic carbocycles. The van der Waals surface area contributed by atoms with Gasteiger partial charge in [0.2, 0.25) is 0 Å². The average molecular weight is 197 g/mol. The van der Waals surface area contributed by atoms with Crippen LogP contribution in [0.25, 0.3) is 6.08 Å². The van der Waals surface area contributed by atoms with Crippen molar-refractivity contribution < 1.29 is 8.78 Å². The van der Waals surface area contributed by atoms with Gasteiger partial charge in [-0.15, -0.1) is 0 Å². The highest BCUT2D eigenvalue weighted by molar-refractivity contribution is 5.52. The van der Waals surface area contributed by atoms with Crippen LogP contribution >= 0.6 is 0 Å².